The van der Waals surface area contributed by atoms with Crippen LogP contribution in [0.2, 0.25) is 0 Å². The molecule has 1 amide bonds. The van der Waals surface area contributed by atoms with Crippen LogP contribution in [0.3, 0.4) is 0 Å². The molecule has 2 aromatic heterocycles. The minimum absolute atomic E-state index is 0.254. The number of carbonyl (C=O) groups is 1. The predicted octanol–water partition coefficient (Wildman–Crippen LogP) is 3.47. The van der Waals surface area contributed by atoms with Crippen LogP contribution in [0.25, 0.3) is 10.8 Å². The zero-order valence-electron chi connectivity index (χ0n) is 10.9. The molecule has 3 rings (SSSR count). The number of halogens is 1. The van der Waals surface area contributed by atoms with Gasteiger partial charge in [-0.05, 0) is 29.8 Å². The quantitative estimate of drug-likeness (QED) is 0.803. The van der Waals surface area contributed by atoms with Gasteiger partial charge in [0.05, 0.1) is 6.26 Å². The summed E-state index contributed by atoms with van der Waals surface area (Å²) in [6.07, 6.45) is 1.56. The Morgan fingerprint density at radius 2 is 2.24 bits per heavy atom. The Labute approximate surface area is 124 Å². The average molecular weight is 302 g/mol. The van der Waals surface area contributed by atoms with Crippen molar-refractivity contribution in [3.8, 4) is 10.8 Å². The van der Waals surface area contributed by atoms with Crippen molar-refractivity contribution < 1.29 is 13.6 Å². The Balaban J connectivity index is 1.66. The van der Waals surface area contributed by atoms with Crippen LogP contribution in [0.4, 0.5) is 4.39 Å². The zero-order chi connectivity index (χ0) is 14.7. The van der Waals surface area contributed by atoms with Gasteiger partial charge < -0.3 is 9.73 Å². The number of carbonyl (C=O) groups excluding carboxylic acids is 1. The van der Waals surface area contributed by atoms with Crippen LogP contribution in [0, 0.1) is 5.82 Å². The van der Waals surface area contributed by atoms with E-state index in [0.29, 0.717) is 22.0 Å². The number of thiazole rings is 1. The standard InChI is InChI=1S/C15H11FN2O2S/c16-11-4-1-3-10(7-11)8-17-14(19)12-9-21-15(18-12)13-5-2-6-20-13/h1-7,9H,8H2,(H,17,19). The van der Waals surface area contributed by atoms with Crippen molar-refractivity contribution >= 4 is 17.2 Å². The molecule has 0 unspecified atom stereocenters. The number of aromatic nitrogens is 1. The van der Waals surface area contributed by atoms with E-state index in [-0.39, 0.29) is 18.3 Å². The summed E-state index contributed by atoms with van der Waals surface area (Å²) in [4.78, 5) is 16.2. The summed E-state index contributed by atoms with van der Waals surface area (Å²) >= 11 is 1.33. The van der Waals surface area contributed by atoms with Gasteiger partial charge in [-0.15, -0.1) is 11.3 Å². The van der Waals surface area contributed by atoms with E-state index in [9.17, 15) is 9.18 Å². The molecule has 0 radical (unpaired) electrons. The van der Waals surface area contributed by atoms with Gasteiger partial charge in [0, 0.05) is 11.9 Å². The topological polar surface area (TPSA) is 55.1 Å². The Morgan fingerprint density at radius 3 is 3.00 bits per heavy atom. The number of nitrogens with one attached hydrogen (secondary N) is 1. The predicted molar refractivity (Wildman–Crippen MR) is 77.4 cm³/mol. The fourth-order valence-corrected chi connectivity index (χ4v) is 2.58. The molecule has 0 spiro atoms. The van der Waals surface area contributed by atoms with Crippen LogP contribution < -0.4 is 5.32 Å². The van der Waals surface area contributed by atoms with Gasteiger partial charge in [-0.25, -0.2) is 9.37 Å². The first-order valence-corrected chi connectivity index (χ1v) is 7.12. The van der Waals surface area contributed by atoms with Crippen LogP contribution in [0.15, 0.2) is 52.5 Å². The van der Waals surface area contributed by atoms with E-state index < -0.39 is 0 Å². The molecule has 106 valence electrons. The van der Waals surface area contributed by atoms with Crippen molar-refractivity contribution in [3.05, 3.63) is 65.1 Å². The molecular formula is C15H11FN2O2S. The Morgan fingerprint density at radius 1 is 1.33 bits per heavy atom. The SMILES string of the molecule is O=C(NCc1cccc(F)c1)c1csc(-c2ccco2)n1. The number of furan rings is 1. The lowest BCUT2D eigenvalue weighted by atomic mass is 10.2. The maximum Gasteiger partial charge on any atom is 0.271 e. The van der Waals surface area contributed by atoms with Crippen molar-refractivity contribution in [1.29, 1.82) is 0 Å². The lowest BCUT2D eigenvalue weighted by Crippen LogP contribution is -2.23. The molecule has 2 heterocycles. The Kier molecular flexibility index (Phi) is 3.79. The zero-order valence-corrected chi connectivity index (χ0v) is 11.7. The number of hydrogen-bond donors (Lipinski definition) is 1. The summed E-state index contributed by atoms with van der Waals surface area (Å²) < 4.78 is 18.3. The van der Waals surface area contributed by atoms with Crippen LogP contribution >= 0.6 is 11.3 Å². The summed E-state index contributed by atoms with van der Waals surface area (Å²) in [5.74, 6) is 0.00742. The number of amides is 1. The van der Waals surface area contributed by atoms with E-state index in [2.05, 4.69) is 10.3 Å². The van der Waals surface area contributed by atoms with Crippen LogP contribution in [-0.4, -0.2) is 10.9 Å². The molecule has 0 fully saturated rings. The van der Waals surface area contributed by atoms with Gasteiger partial charge >= 0.3 is 0 Å². The maximum absolute atomic E-state index is 13.0. The Hall–Kier alpha value is -2.47. The highest BCUT2D eigenvalue weighted by Gasteiger charge is 2.12. The minimum atomic E-state index is -0.324. The van der Waals surface area contributed by atoms with Gasteiger partial charge in [-0.2, -0.15) is 0 Å². The number of rotatable bonds is 4. The van der Waals surface area contributed by atoms with E-state index in [1.165, 1.54) is 23.5 Å². The normalized spacial score (nSPS) is 10.5. The lowest BCUT2D eigenvalue weighted by molar-refractivity contribution is 0.0946. The molecule has 21 heavy (non-hydrogen) atoms. The first kappa shape index (κ1) is 13.5. The summed E-state index contributed by atoms with van der Waals surface area (Å²) in [6.45, 7) is 0.254. The van der Waals surface area contributed by atoms with Gasteiger partial charge in [-0.1, -0.05) is 12.1 Å². The number of nitrogens with zero attached hydrogens (tertiary/aromatic N) is 1. The molecule has 0 saturated carbocycles. The van der Waals surface area contributed by atoms with Gasteiger partial charge in [0.25, 0.3) is 5.91 Å². The van der Waals surface area contributed by atoms with Crippen LogP contribution in [-0.2, 0) is 6.54 Å². The van der Waals surface area contributed by atoms with E-state index in [1.807, 2.05) is 0 Å². The van der Waals surface area contributed by atoms with Crippen molar-refractivity contribution in [1.82, 2.24) is 10.3 Å². The van der Waals surface area contributed by atoms with E-state index in [1.54, 1.807) is 35.9 Å². The molecule has 0 aliphatic heterocycles. The number of benzene rings is 1. The first-order valence-electron chi connectivity index (χ1n) is 6.24. The highest BCUT2D eigenvalue weighted by molar-refractivity contribution is 7.13. The van der Waals surface area contributed by atoms with Crippen molar-refractivity contribution in [2.24, 2.45) is 0 Å². The average Bonchev–Trinajstić information content (AvgIpc) is 3.15. The fraction of sp³-hybridized carbons (Fsp3) is 0.0667. The second-order valence-corrected chi connectivity index (χ2v) is 5.19. The molecule has 4 nitrogen and oxygen atoms in total. The van der Waals surface area contributed by atoms with Gasteiger partial charge in [0.15, 0.2) is 10.8 Å². The van der Waals surface area contributed by atoms with Gasteiger partial charge in [0.1, 0.15) is 11.5 Å². The van der Waals surface area contributed by atoms with E-state index in [4.69, 9.17) is 4.42 Å². The third-order valence-corrected chi connectivity index (χ3v) is 3.67. The second kappa shape index (κ2) is 5.88. The molecule has 0 atom stereocenters. The minimum Gasteiger partial charge on any atom is -0.462 e. The number of hydrogen-bond acceptors (Lipinski definition) is 4. The molecule has 0 saturated heterocycles. The third-order valence-electron chi connectivity index (χ3n) is 2.81. The van der Waals surface area contributed by atoms with Crippen LogP contribution in [0.1, 0.15) is 16.1 Å². The summed E-state index contributed by atoms with van der Waals surface area (Å²) in [5.41, 5.74) is 1.02. The summed E-state index contributed by atoms with van der Waals surface area (Å²) in [6, 6.07) is 9.65. The largest absolute Gasteiger partial charge is 0.462 e. The smallest absolute Gasteiger partial charge is 0.271 e. The second-order valence-electron chi connectivity index (χ2n) is 4.33. The van der Waals surface area contributed by atoms with Crippen molar-refractivity contribution in [3.63, 3.8) is 0 Å². The van der Waals surface area contributed by atoms with Crippen molar-refractivity contribution in [2.45, 2.75) is 6.54 Å². The maximum atomic E-state index is 13.0. The monoisotopic (exact) mass is 302 g/mol. The van der Waals surface area contributed by atoms with Gasteiger partial charge in [0.2, 0.25) is 0 Å². The molecular weight excluding hydrogens is 291 g/mol. The highest BCUT2D eigenvalue weighted by atomic mass is 32.1. The van der Waals surface area contributed by atoms with Gasteiger partial charge in [-0.3, -0.25) is 4.79 Å². The molecule has 0 aliphatic rings. The Bertz CT molecular complexity index is 753. The lowest BCUT2D eigenvalue weighted by Gasteiger charge is -2.03. The highest BCUT2D eigenvalue weighted by Crippen LogP contribution is 2.23. The molecule has 6 heteroatoms. The molecule has 3 aromatic rings. The van der Waals surface area contributed by atoms with E-state index in [0.717, 1.165) is 0 Å². The fourth-order valence-electron chi connectivity index (χ4n) is 1.81. The summed E-state index contributed by atoms with van der Waals surface area (Å²) in [5, 5.41) is 5.02. The molecule has 0 aliphatic carbocycles. The van der Waals surface area contributed by atoms with E-state index >= 15 is 0 Å². The first-order chi connectivity index (χ1) is 10.2. The molecule has 0 bridgehead atoms. The van der Waals surface area contributed by atoms with Crippen LogP contribution in [0.5, 0.6) is 0 Å². The van der Waals surface area contributed by atoms with Crippen molar-refractivity contribution in [2.75, 3.05) is 0 Å². The third kappa shape index (κ3) is 3.17. The molecule has 1 aromatic carbocycles. The molecule has 1 N–H and O–H groups in total. The summed E-state index contributed by atoms with van der Waals surface area (Å²) in [7, 11) is 0.